The van der Waals surface area contributed by atoms with E-state index in [0.29, 0.717) is 39.6 Å². The van der Waals surface area contributed by atoms with E-state index in [4.69, 9.17) is 33.2 Å². The molecule has 0 amide bonds. The van der Waals surface area contributed by atoms with Gasteiger partial charge in [0.05, 0.1) is 26.4 Å². The van der Waals surface area contributed by atoms with Crippen LogP contribution in [-0.2, 0) is 33.2 Å². The molecule has 0 spiro atoms. The predicted octanol–water partition coefficient (Wildman–Crippen LogP) is 10.6. The maximum atomic E-state index is 5.94. The van der Waals surface area contributed by atoms with E-state index < -0.39 is 0 Å². The van der Waals surface area contributed by atoms with Crippen molar-refractivity contribution in [3.8, 4) is 0 Å². The lowest BCUT2D eigenvalue weighted by Gasteiger charge is -2.17. The van der Waals surface area contributed by atoms with Gasteiger partial charge in [-0.15, -0.1) is 0 Å². The van der Waals surface area contributed by atoms with E-state index in [9.17, 15) is 0 Å². The van der Waals surface area contributed by atoms with Crippen molar-refractivity contribution in [3.63, 3.8) is 0 Å². The summed E-state index contributed by atoms with van der Waals surface area (Å²) >= 11 is 0. The Balaban J connectivity index is 4.53. The van der Waals surface area contributed by atoms with Crippen LogP contribution in [0.3, 0.4) is 0 Å². The highest BCUT2D eigenvalue weighted by molar-refractivity contribution is 5.03. The minimum atomic E-state index is 0.109. The summed E-state index contributed by atoms with van der Waals surface area (Å²) in [5.74, 6) is 3.33. The van der Waals surface area contributed by atoms with Crippen molar-refractivity contribution < 1.29 is 33.2 Å². The number of allylic oxidation sites excluding steroid dienone is 2. The van der Waals surface area contributed by atoms with Gasteiger partial charge < -0.3 is 33.2 Å². The molecule has 0 saturated carbocycles. The zero-order valence-electron chi connectivity index (χ0n) is 29.2. The van der Waals surface area contributed by atoms with Gasteiger partial charge in [0.15, 0.2) is 11.5 Å². The van der Waals surface area contributed by atoms with Gasteiger partial charge in [-0.2, -0.15) is 0 Å². The van der Waals surface area contributed by atoms with E-state index in [1.165, 1.54) is 89.9 Å². The highest BCUT2D eigenvalue weighted by Gasteiger charge is 2.12. The average Bonchev–Trinajstić information content (AvgIpc) is 3.01. The lowest BCUT2D eigenvalue weighted by atomic mass is 10.1. The molecule has 43 heavy (non-hydrogen) atoms. The largest absolute Gasteiger partial charge is 0.495 e. The Morgan fingerprint density at radius 3 is 0.953 bits per heavy atom. The van der Waals surface area contributed by atoms with Gasteiger partial charge in [-0.05, 0) is 40.5 Å². The van der Waals surface area contributed by atoms with Crippen LogP contribution in [-0.4, -0.2) is 53.2 Å². The van der Waals surface area contributed by atoms with Crippen molar-refractivity contribution >= 4 is 0 Å². The summed E-state index contributed by atoms with van der Waals surface area (Å²) in [6.45, 7) is 15.7. The number of rotatable bonds is 34. The summed E-state index contributed by atoms with van der Waals surface area (Å²) in [7, 11) is 0. The minimum absolute atomic E-state index is 0.109. The van der Waals surface area contributed by atoms with Gasteiger partial charge in [0.1, 0.15) is 38.3 Å². The third kappa shape index (κ3) is 25.6. The Labute approximate surface area is 266 Å². The molecular weight excluding hydrogens is 544 g/mol. The lowest BCUT2D eigenvalue weighted by Crippen LogP contribution is -2.13. The van der Waals surface area contributed by atoms with Crippen LogP contribution in [0.2, 0.25) is 0 Å². The molecule has 256 valence electrons. The van der Waals surface area contributed by atoms with Crippen LogP contribution in [0, 0.1) is 0 Å². The van der Waals surface area contributed by atoms with Crippen LogP contribution in [0.15, 0.2) is 23.0 Å². The molecule has 0 unspecified atom stereocenters. The number of ether oxygens (including phenoxy) is 7. The predicted molar refractivity (Wildman–Crippen MR) is 178 cm³/mol. The van der Waals surface area contributed by atoms with Crippen molar-refractivity contribution in [1.82, 2.24) is 0 Å². The third-order valence-electron chi connectivity index (χ3n) is 7.21. The van der Waals surface area contributed by atoms with Gasteiger partial charge in [-0.1, -0.05) is 104 Å². The van der Waals surface area contributed by atoms with Gasteiger partial charge in [-0.25, -0.2) is 0 Å². The second kappa shape index (κ2) is 33.5. The van der Waals surface area contributed by atoms with Gasteiger partial charge >= 0.3 is 0 Å². The van der Waals surface area contributed by atoms with Crippen LogP contribution in [0.4, 0.5) is 0 Å². The summed E-state index contributed by atoms with van der Waals surface area (Å²) in [6.07, 6.45) is 22.3. The summed E-state index contributed by atoms with van der Waals surface area (Å²) < 4.78 is 40.8. The second-order valence-electron chi connectivity index (χ2n) is 11.0. The van der Waals surface area contributed by atoms with E-state index in [2.05, 4.69) is 13.8 Å². The molecule has 0 aromatic carbocycles. The topological polar surface area (TPSA) is 64.6 Å². The second-order valence-corrected chi connectivity index (χ2v) is 11.0. The number of unbranched alkanes of at least 4 members (excludes halogenated alkanes) is 14. The standard InChI is InChI=1S/C36H70O7/c1-7-13-15-17-19-21-23-25-27-33(40-9-3)35(42-11-5)29-37-31-39-32-38-30-36(43-12-6)34(41-10-4)28-26-24-22-20-18-16-14-8-2/h7-32H2,1-6H3. The molecule has 0 aromatic rings. The Kier molecular flexibility index (Phi) is 32.3. The maximum Gasteiger partial charge on any atom is 0.159 e. The lowest BCUT2D eigenvalue weighted by molar-refractivity contribution is -0.131. The summed E-state index contributed by atoms with van der Waals surface area (Å²) in [5.41, 5.74) is 0. The monoisotopic (exact) mass is 615 g/mol. The van der Waals surface area contributed by atoms with E-state index >= 15 is 0 Å². The van der Waals surface area contributed by atoms with Gasteiger partial charge in [0.2, 0.25) is 0 Å². The van der Waals surface area contributed by atoms with Crippen LogP contribution >= 0.6 is 0 Å². The average molecular weight is 615 g/mol. The first kappa shape index (κ1) is 41.6. The molecular formula is C36H70O7. The van der Waals surface area contributed by atoms with Gasteiger partial charge in [0.25, 0.3) is 0 Å². The molecule has 0 bridgehead atoms. The molecule has 0 saturated heterocycles. The molecule has 0 heterocycles. The first-order valence-corrected chi connectivity index (χ1v) is 17.9. The summed E-state index contributed by atoms with van der Waals surface area (Å²) in [5, 5.41) is 0. The van der Waals surface area contributed by atoms with Crippen LogP contribution in [0.1, 0.15) is 157 Å². The molecule has 0 aromatic heterocycles. The molecule has 7 nitrogen and oxygen atoms in total. The SMILES string of the molecule is CCCCCCCCCCC(OCC)=C(COCOCOCC(OCC)=C(CCCCCCCCCC)OCC)OCC. The van der Waals surface area contributed by atoms with Crippen LogP contribution < -0.4 is 0 Å². The normalized spacial score (nSPS) is 12.6. The summed E-state index contributed by atoms with van der Waals surface area (Å²) in [4.78, 5) is 0. The maximum absolute atomic E-state index is 5.94. The quantitative estimate of drug-likeness (QED) is 0.0406. The van der Waals surface area contributed by atoms with Crippen molar-refractivity contribution in [2.75, 3.05) is 53.2 Å². The fourth-order valence-electron chi connectivity index (χ4n) is 4.95. The highest BCUT2D eigenvalue weighted by atomic mass is 16.7. The zero-order chi connectivity index (χ0) is 31.6. The molecule has 0 atom stereocenters. The van der Waals surface area contributed by atoms with E-state index in [1.807, 2.05) is 27.7 Å². The molecule has 0 rings (SSSR count). The third-order valence-corrected chi connectivity index (χ3v) is 7.21. The summed E-state index contributed by atoms with van der Waals surface area (Å²) in [6, 6.07) is 0. The molecule has 0 N–H and O–H groups in total. The van der Waals surface area contributed by atoms with Gasteiger partial charge in [-0.3, -0.25) is 0 Å². The fraction of sp³-hybridized carbons (Fsp3) is 0.889. The number of hydrogen-bond donors (Lipinski definition) is 0. The van der Waals surface area contributed by atoms with Crippen LogP contribution in [0.25, 0.3) is 0 Å². The van der Waals surface area contributed by atoms with E-state index in [0.717, 1.165) is 48.7 Å². The van der Waals surface area contributed by atoms with Gasteiger partial charge in [0, 0.05) is 12.8 Å². The molecule has 0 aliphatic carbocycles. The molecule has 7 heteroatoms. The van der Waals surface area contributed by atoms with E-state index in [1.54, 1.807) is 0 Å². The Bertz CT molecular complexity index is 594. The Morgan fingerprint density at radius 2 is 0.628 bits per heavy atom. The van der Waals surface area contributed by atoms with Crippen molar-refractivity contribution in [2.24, 2.45) is 0 Å². The molecule has 0 aliphatic rings. The van der Waals surface area contributed by atoms with Crippen molar-refractivity contribution in [3.05, 3.63) is 23.0 Å². The fourth-order valence-corrected chi connectivity index (χ4v) is 4.95. The Hall–Kier alpha value is -1.44. The van der Waals surface area contributed by atoms with Crippen molar-refractivity contribution in [1.29, 1.82) is 0 Å². The number of hydrogen-bond acceptors (Lipinski definition) is 7. The van der Waals surface area contributed by atoms with Crippen LogP contribution in [0.5, 0.6) is 0 Å². The highest BCUT2D eigenvalue weighted by Crippen LogP contribution is 2.20. The zero-order valence-corrected chi connectivity index (χ0v) is 29.2. The minimum Gasteiger partial charge on any atom is -0.495 e. The van der Waals surface area contributed by atoms with E-state index in [-0.39, 0.29) is 13.6 Å². The first-order valence-electron chi connectivity index (χ1n) is 17.9. The molecule has 0 radical (unpaired) electrons. The molecule has 0 aliphatic heterocycles. The first-order chi connectivity index (χ1) is 21.2. The molecule has 0 fully saturated rings. The Morgan fingerprint density at radius 1 is 0.326 bits per heavy atom. The van der Waals surface area contributed by atoms with Crippen molar-refractivity contribution in [2.45, 2.75) is 157 Å². The smallest absolute Gasteiger partial charge is 0.159 e.